The van der Waals surface area contributed by atoms with Gasteiger partial charge in [0.05, 0.1) is 10.8 Å². The predicted molar refractivity (Wildman–Crippen MR) is 118 cm³/mol. The van der Waals surface area contributed by atoms with Crippen molar-refractivity contribution in [2.75, 3.05) is 38.5 Å². The molecular formula is C19H30Cl2N4O3S. The van der Waals surface area contributed by atoms with Crippen LogP contribution in [0.25, 0.3) is 0 Å². The molecule has 2 aliphatic carbocycles. The molecule has 164 valence electrons. The Balaban J connectivity index is 0.00000150. The van der Waals surface area contributed by atoms with Gasteiger partial charge in [0, 0.05) is 37.9 Å². The lowest BCUT2D eigenvalue weighted by Crippen LogP contribution is -2.47. The van der Waals surface area contributed by atoms with E-state index >= 15 is 0 Å². The Labute approximate surface area is 185 Å². The summed E-state index contributed by atoms with van der Waals surface area (Å²) in [5.41, 5.74) is 6.78. The number of nitrogens with one attached hydrogen (secondary N) is 1. The Morgan fingerprint density at radius 3 is 2.38 bits per heavy atom. The van der Waals surface area contributed by atoms with Crippen LogP contribution in [0.15, 0.2) is 29.2 Å². The van der Waals surface area contributed by atoms with Crippen molar-refractivity contribution in [2.45, 2.75) is 30.2 Å². The molecule has 0 radical (unpaired) electrons. The van der Waals surface area contributed by atoms with E-state index in [1.807, 2.05) is 7.05 Å². The van der Waals surface area contributed by atoms with Crippen molar-refractivity contribution >= 4 is 46.4 Å². The van der Waals surface area contributed by atoms with Gasteiger partial charge in [-0.25, -0.2) is 8.42 Å². The van der Waals surface area contributed by atoms with Gasteiger partial charge < -0.3 is 16.0 Å². The Kier molecular flexibility index (Phi) is 7.98. The van der Waals surface area contributed by atoms with E-state index in [1.165, 1.54) is 4.31 Å². The summed E-state index contributed by atoms with van der Waals surface area (Å²) in [6.45, 7) is 2.40. The molecule has 1 aromatic carbocycles. The standard InChI is InChI=1S/C19H28N4O3S.2ClH/c1-22-7-9-23(10-8-22)27(25,26)16-4-2-3-15(12-16)21-19(24)17-13-5-6-14(11-13)18(17)20;;/h2-4,12-14,17-18H,5-11,20H2,1H3,(H,21,24);2*1H. The van der Waals surface area contributed by atoms with E-state index in [2.05, 4.69) is 10.2 Å². The number of fused-ring (bicyclic) bond motifs is 2. The number of carbonyl (C=O) groups excluding carboxylic acids is 1. The molecule has 2 saturated carbocycles. The number of amides is 1. The van der Waals surface area contributed by atoms with Gasteiger partial charge in [-0.1, -0.05) is 6.07 Å². The number of halogens is 2. The van der Waals surface area contributed by atoms with Gasteiger partial charge in [0.1, 0.15) is 0 Å². The van der Waals surface area contributed by atoms with E-state index in [0.717, 1.165) is 32.4 Å². The highest BCUT2D eigenvalue weighted by molar-refractivity contribution is 7.89. The number of carbonyl (C=O) groups is 1. The largest absolute Gasteiger partial charge is 0.327 e. The van der Waals surface area contributed by atoms with Crippen molar-refractivity contribution < 1.29 is 13.2 Å². The molecular weight excluding hydrogens is 435 g/mol. The minimum atomic E-state index is -3.55. The molecule has 4 atom stereocenters. The van der Waals surface area contributed by atoms with Crippen LogP contribution < -0.4 is 11.1 Å². The summed E-state index contributed by atoms with van der Waals surface area (Å²) < 4.78 is 27.4. The molecule has 3 N–H and O–H groups in total. The fourth-order valence-electron chi connectivity index (χ4n) is 4.86. The van der Waals surface area contributed by atoms with Gasteiger partial charge in [-0.15, -0.1) is 24.8 Å². The Bertz CT molecular complexity index is 828. The molecule has 1 aliphatic heterocycles. The number of hydrogen-bond donors (Lipinski definition) is 2. The maximum Gasteiger partial charge on any atom is 0.243 e. The molecule has 1 heterocycles. The predicted octanol–water partition coefficient (Wildman–Crippen LogP) is 1.78. The van der Waals surface area contributed by atoms with Crippen molar-refractivity contribution in [3.63, 3.8) is 0 Å². The number of nitrogens with zero attached hydrogens (tertiary/aromatic N) is 2. The van der Waals surface area contributed by atoms with Crippen LogP contribution in [0.4, 0.5) is 5.69 Å². The summed E-state index contributed by atoms with van der Waals surface area (Å²) in [6.07, 6.45) is 3.22. The van der Waals surface area contributed by atoms with Gasteiger partial charge in [-0.05, 0) is 56.3 Å². The molecule has 2 bridgehead atoms. The van der Waals surface area contributed by atoms with Gasteiger partial charge in [0.2, 0.25) is 15.9 Å². The Morgan fingerprint density at radius 1 is 1.10 bits per heavy atom. The van der Waals surface area contributed by atoms with Crippen LogP contribution in [0, 0.1) is 17.8 Å². The van der Waals surface area contributed by atoms with Crippen LogP contribution in [0.2, 0.25) is 0 Å². The highest BCUT2D eigenvalue weighted by atomic mass is 35.5. The molecule has 3 fully saturated rings. The molecule has 0 aromatic heterocycles. The average Bonchev–Trinajstić information content (AvgIpc) is 3.23. The number of hydrogen-bond acceptors (Lipinski definition) is 5. The summed E-state index contributed by atoms with van der Waals surface area (Å²) >= 11 is 0. The van der Waals surface area contributed by atoms with E-state index in [1.54, 1.807) is 24.3 Å². The molecule has 1 amide bonds. The van der Waals surface area contributed by atoms with Crippen LogP contribution in [0.5, 0.6) is 0 Å². The third-order valence-electron chi connectivity index (χ3n) is 6.48. The number of benzene rings is 1. The van der Waals surface area contributed by atoms with Crippen molar-refractivity contribution in [2.24, 2.45) is 23.5 Å². The number of sulfonamides is 1. The Hall–Kier alpha value is -0.900. The first-order chi connectivity index (χ1) is 12.9. The monoisotopic (exact) mass is 464 g/mol. The number of nitrogens with two attached hydrogens (primary N) is 1. The first-order valence-electron chi connectivity index (χ1n) is 9.71. The lowest BCUT2D eigenvalue weighted by Gasteiger charge is -2.31. The second-order valence-electron chi connectivity index (χ2n) is 8.16. The number of piperazine rings is 1. The highest BCUT2D eigenvalue weighted by Gasteiger charge is 2.49. The van der Waals surface area contributed by atoms with Crippen LogP contribution in [-0.4, -0.2) is 62.8 Å². The van der Waals surface area contributed by atoms with Gasteiger partial charge in [-0.2, -0.15) is 4.31 Å². The number of rotatable bonds is 4. The van der Waals surface area contributed by atoms with E-state index in [0.29, 0.717) is 30.6 Å². The SMILES string of the molecule is CN1CCN(S(=O)(=O)c2cccc(NC(=O)C3C4CCC(C4)C3N)c2)CC1.Cl.Cl. The van der Waals surface area contributed by atoms with Crippen LogP contribution >= 0.6 is 24.8 Å². The van der Waals surface area contributed by atoms with Crippen molar-refractivity contribution in [1.29, 1.82) is 0 Å². The van der Waals surface area contributed by atoms with Crippen LogP contribution in [0.3, 0.4) is 0 Å². The first-order valence-corrected chi connectivity index (χ1v) is 11.2. The smallest absolute Gasteiger partial charge is 0.243 e. The minimum Gasteiger partial charge on any atom is -0.327 e. The summed E-state index contributed by atoms with van der Waals surface area (Å²) in [6, 6.07) is 6.48. The van der Waals surface area contributed by atoms with Crippen molar-refractivity contribution in [3.05, 3.63) is 24.3 Å². The zero-order valence-corrected chi connectivity index (χ0v) is 18.9. The molecule has 1 saturated heterocycles. The fraction of sp³-hybridized carbons (Fsp3) is 0.632. The summed E-state index contributed by atoms with van der Waals surface area (Å²) in [4.78, 5) is 15.1. The van der Waals surface area contributed by atoms with E-state index < -0.39 is 10.0 Å². The van der Waals surface area contributed by atoms with E-state index in [-0.39, 0.29) is 47.6 Å². The summed E-state index contributed by atoms with van der Waals surface area (Å²) in [7, 11) is -1.56. The molecule has 10 heteroatoms. The zero-order chi connectivity index (χ0) is 19.2. The summed E-state index contributed by atoms with van der Waals surface area (Å²) in [5.74, 6) is 0.572. The minimum absolute atomic E-state index is 0. The summed E-state index contributed by atoms with van der Waals surface area (Å²) in [5, 5.41) is 2.91. The molecule has 1 aromatic rings. The normalized spacial score (nSPS) is 29.7. The molecule has 0 spiro atoms. The fourth-order valence-corrected chi connectivity index (χ4v) is 6.33. The molecule has 29 heavy (non-hydrogen) atoms. The first kappa shape index (κ1) is 24.4. The third kappa shape index (κ3) is 4.73. The quantitative estimate of drug-likeness (QED) is 0.707. The lowest BCUT2D eigenvalue weighted by atomic mass is 9.84. The van der Waals surface area contributed by atoms with Crippen molar-refractivity contribution in [1.82, 2.24) is 9.21 Å². The van der Waals surface area contributed by atoms with Crippen LogP contribution in [-0.2, 0) is 14.8 Å². The Morgan fingerprint density at radius 2 is 1.76 bits per heavy atom. The average molecular weight is 465 g/mol. The zero-order valence-electron chi connectivity index (χ0n) is 16.5. The maximum absolute atomic E-state index is 12.9. The van der Waals surface area contributed by atoms with Gasteiger partial charge >= 0.3 is 0 Å². The van der Waals surface area contributed by atoms with E-state index in [4.69, 9.17) is 5.73 Å². The second-order valence-corrected chi connectivity index (χ2v) is 10.1. The number of likely N-dealkylation sites (N-methyl/N-ethyl adjacent to an activating group) is 1. The third-order valence-corrected chi connectivity index (χ3v) is 8.38. The molecule has 7 nitrogen and oxygen atoms in total. The molecule has 4 rings (SSSR count). The van der Waals surface area contributed by atoms with Crippen molar-refractivity contribution in [3.8, 4) is 0 Å². The van der Waals surface area contributed by atoms with E-state index in [9.17, 15) is 13.2 Å². The maximum atomic E-state index is 12.9. The lowest BCUT2D eigenvalue weighted by molar-refractivity contribution is -0.121. The second kappa shape index (κ2) is 9.49. The van der Waals surface area contributed by atoms with Gasteiger partial charge in [0.25, 0.3) is 0 Å². The number of anilines is 1. The highest BCUT2D eigenvalue weighted by Crippen LogP contribution is 2.47. The topological polar surface area (TPSA) is 95.7 Å². The van der Waals surface area contributed by atoms with Gasteiger partial charge in [0.15, 0.2) is 0 Å². The van der Waals surface area contributed by atoms with Gasteiger partial charge in [-0.3, -0.25) is 4.79 Å². The molecule has 4 unspecified atom stereocenters. The molecule has 3 aliphatic rings. The van der Waals surface area contributed by atoms with Crippen LogP contribution in [0.1, 0.15) is 19.3 Å².